The molecule has 0 spiro atoms. The van der Waals surface area contributed by atoms with Crippen LogP contribution in [0, 0.1) is 0 Å². The molecule has 1 aromatic carbocycles. The van der Waals surface area contributed by atoms with Crippen LogP contribution in [0.4, 0.5) is 4.79 Å². The van der Waals surface area contributed by atoms with E-state index in [1.807, 2.05) is 35.5 Å². The van der Waals surface area contributed by atoms with Crippen molar-refractivity contribution in [3.63, 3.8) is 0 Å². The van der Waals surface area contributed by atoms with Crippen LogP contribution in [0.5, 0.6) is 5.75 Å². The summed E-state index contributed by atoms with van der Waals surface area (Å²) in [6.45, 7) is 4.29. The fourth-order valence-corrected chi connectivity index (χ4v) is 4.04. The Bertz CT molecular complexity index is 757. The highest BCUT2D eigenvalue weighted by atomic mass is 16.5. The van der Waals surface area contributed by atoms with E-state index in [0.29, 0.717) is 12.5 Å². The van der Waals surface area contributed by atoms with Crippen LogP contribution in [0.1, 0.15) is 42.7 Å². The Morgan fingerprint density at radius 1 is 1.19 bits per heavy atom. The van der Waals surface area contributed by atoms with Gasteiger partial charge in [-0.1, -0.05) is 18.2 Å². The summed E-state index contributed by atoms with van der Waals surface area (Å²) < 4.78 is 5.75. The summed E-state index contributed by atoms with van der Waals surface area (Å²) in [7, 11) is 0. The number of piperidine rings is 1. The van der Waals surface area contributed by atoms with Gasteiger partial charge in [0.2, 0.25) is 0 Å². The van der Waals surface area contributed by atoms with E-state index in [-0.39, 0.29) is 18.0 Å². The van der Waals surface area contributed by atoms with Crippen LogP contribution in [-0.4, -0.2) is 41.7 Å². The first kappa shape index (κ1) is 16.9. The van der Waals surface area contributed by atoms with Crippen molar-refractivity contribution in [1.82, 2.24) is 15.2 Å². The third-order valence-corrected chi connectivity index (χ3v) is 5.65. The number of benzene rings is 1. The molecule has 2 amide bonds. The number of aromatic nitrogens is 1. The molecule has 2 aromatic rings. The Hall–Kier alpha value is -2.56. The summed E-state index contributed by atoms with van der Waals surface area (Å²) in [5.41, 5.74) is 2.52. The minimum atomic E-state index is 0.0371. The second kappa shape index (κ2) is 7.36. The summed E-state index contributed by atoms with van der Waals surface area (Å²) in [6.07, 6.45) is 5.69. The molecule has 0 bridgehead atoms. The summed E-state index contributed by atoms with van der Waals surface area (Å²) in [6, 6.07) is 12.3. The molecule has 3 heterocycles. The maximum atomic E-state index is 12.7. The monoisotopic (exact) mass is 351 g/mol. The number of fused-ring (bicyclic) bond motifs is 1. The number of likely N-dealkylation sites (tertiary alicyclic amines) is 1. The van der Waals surface area contributed by atoms with Crippen molar-refractivity contribution in [1.29, 1.82) is 0 Å². The summed E-state index contributed by atoms with van der Waals surface area (Å²) in [5, 5.41) is 3.18. The van der Waals surface area contributed by atoms with Crippen molar-refractivity contribution in [2.75, 3.05) is 19.7 Å². The minimum absolute atomic E-state index is 0.0371. The lowest BCUT2D eigenvalue weighted by molar-refractivity contribution is 0.175. The van der Waals surface area contributed by atoms with Gasteiger partial charge in [0.05, 0.1) is 6.61 Å². The third kappa shape index (κ3) is 3.39. The van der Waals surface area contributed by atoms with Crippen molar-refractivity contribution in [2.45, 2.75) is 37.6 Å². The molecule has 26 heavy (non-hydrogen) atoms. The predicted molar refractivity (Wildman–Crippen MR) is 100 cm³/mol. The van der Waals surface area contributed by atoms with E-state index < -0.39 is 0 Å². The van der Waals surface area contributed by atoms with Crippen LogP contribution >= 0.6 is 0 Å². The average Bonchev–Trinajstić information content (AvgIpc) is 3.13. The molecule has 1 aromatic heterocycles. The molecule has 1 saturated heterocycles. The fourth-order valence-electron chi connectivity index (χ4n) is 4.04. The highest BCUT2D eigenvalue weighted by Gasteiger charge is 2.31. The average molecular weight is 351 g/mol. The number of para-hydroxylation sites is 1. The van der Waals surface area contributed by atoms with Gasteiger partial charge in [0.15, 0.2) is 0 Å². The quantitative estimate of drug-likeness (QED) is 0.920. The number of nitrogens with zero attached hydrogens (tertiary/aromatic N) is 2. The maximum absolute atomic E-state index is 12.7. The molecule has 1 N–H and O–H groups in total. The van der Waals surface area contributed by atoms with E-state index >= 15 is 0 Å². The SMILES string of the molecule is CC(NC(=O)N1CCC(c2ccncc2)CC1)C1COc2ccccc21. The molecule has 4 rings (SSSR count). The Kier molecular flexibility index (Phi) is 4.78. The van der Waals surface area contributed by atoms with Crippen molar-refractivity contribution in [3.8, 4) is 5.75 Å². The lowest BCUT2D eigenvalue weighted by atomic mass is 9.90. The van der Waals surface area contributed by atoms with Gasteiger partial charge in [-0.25, -0.2) is 4.79 Å². The number of nitrogens with one attached hydrogen (secondary N) is 1. The first-order chi connectivity index (χ1) is 12.7. The number of rotatable bonds is 3. The predicted octanol–water partition coefficient (Wildman–Crippen LogP) is 3.54. The van der Waals surface area contributed by atoms with Crippen molar-refractivity contribution in [3.05, 3.63) is 59.9 Å². The van der Waals surface area contributed by atoms with Gasteiger partial charge in [0.1, 0.15) is 5.75 Å². The number of carbonyl (C=O) groups excluding carboxylic acids is 1. The van der Waals surface area contributed by atoms with Gasteiger partial charge >= 0.3 is 6.03 Å². The van der Waals surface area contributed by atoms with Crippen LogP contribution in [0.25, 0.3) is 0 Å². The molecule has 0 saturated carbocycles. The van der Waals surface area contributed by atoms with Gasteiger partial charge in [-0.3, -0.25) is 4.98 Å². The van der Waals surface area contributed by atoms with Crippen molar-refractivity contribution in [2.24, 2.45) is 0 Å². The lowest BCUT2D eigenvalue weighted by Crippen LogP contribution is -2.48. The normalized spacial score (nSPS) is 21.0. The molecule has 5 heteroatoms. The molecule has 5 nitrogen and oxygen atoms in total. The Morgan fingerprint density at radius 2 is 1.92 bits per heavy atom. The number of pyridine rings is 1. The zero-order valence-electron chi connectivity index (χ0n) is 15.1. The van der Waals surface area contributed by atoms with Crippen LogP contribution in [0.2, 0.25) is 0 Å². The number of urea groups is 1. The van der Waals surface area contributed by atoms with E-state index in [4.69, 9.17) is 4.74 Å². The van der Waals surface area contributed by atoms with Crippen LogP contribution in [-0.2, 0) is 0 Å². The molecule has 1 fully saturated rings. The number of amides is 2. The van der Waals surface area contributed by atoms with E-state index in [9.17, 15) is 4.79 Å². The summed E-state index contributed by atoms with van der Waals surface area (Å²) in [4.78, 5) is 18.7. The zero-order chi connectivity index (χ0) is 17.9. The number of hydrogen-bond acceptors (Lipinski definition) is 3. The first-order valence-corrected chi connectivity index (χ1v) is 9.39. The lowest BCUT2D eigenvalue weighted by Gasteiger charge is -2.33. The zero-order valence-corrected chi connectivity index (χ0v) is 15.1. The van der Waals surface area contributed by atoms with E-state index in [0.717, 1.165) is 31.7 Å². The van der Waals surface area contributed by atoms with Crippen molar-refractivity contribution < 1.29 is 9.53 Å². The Balaban J connectivity index is 1.32. The highest BCUT2D eigenvalue weighted by Crippen LogP contribution is 2.35. The summed E-state index contributed by atoms with van der Waals surface area (Å²) in [5.74, 6) is 1.68. The topological polar surface area (TPSA) is 54.5 Å². The fraction of sp³-hybridized carbons (Fsp3) is 0.429. The van der Waals surface area contributed by atoms with Gasteiger partial charge in [0.25, 0.3) is 0 Å². The molecule has 2 atom stereocenters. The molecule has 2 aliphatic heterocycles. The van der Waals surface area contributed by atoms with E-state index in [1.54, 1.807) is 0 Å². The number of carbonyl (C=O) groups is 1. The van der Waals surface area contributed by atoms with Crippen LogP contribution < -0.4 is 10.1 Å². The summed E-state index contributed by atoms with van der Waals surface area (Å²) >= 11 is 0. The molecule has 0 radical (unpaired) electrons. The Morgan fingerprint density at radius 3 is 2.69 bits per heavy atom. The van der Waals surface area contributed by atoms with E-state index in [2.05, 4.69) is 35.4 Å². The number of ether oxygens (including phenoxy) is 1. The first-order valence-electron chi connectivity index (χ1n) is 9.39. The third-order valence-electron chi connectivity index (χ3n) is 5.65. The standard InChI is InChI=1S/C21H25N3O2/c1-15(19-14-26-20-5-3-2-4-18(19)20)23-21(25)24-12-8-17(9-13-24)16-6-10-22-11-7-16/h2-7,10-11,15,17,19H,8-9,12-14H2,1H3,(H,23,25). The number of hydrogen-bond donors (Lipinski definition) is 1. The second-order valence-corrected chi connectivity index (χ2v) is 7.24. The second-order valence-electron chi connectivity index (χ2n) is 7.24. The van der Waals surface area contributed by atoms with E-state index in [1.165, 1.54) is 11.1 Å². The van der Waals surface area contributed by atoms with Gasteiger partial charge in [-0.2, -0.15) is 0 Å². The van der Waals surface area contributed by atoms with Gasteiger partial charge < -0.3 is 15.0 Å². The van der Waals surface area contributed by atoms with Crippen LogP contribution in [0.3, 0.4) is 0 Å². The maximum Gasteiger partial charge on any atom is 0.317 e. The van der Waals surface area contributed by atoms with Gasteiger partial charge in [-0.15, -0.1) is 0 Å². The molecule has 2 aliphatic rings. The van der Waals surface area contributed by atoms with Crippen molar-refractivity contribution >= 4 is 6.03 Å². The van der Waals surface area contributed by atoms with Gasteiger partial charge in [0, 0.05) is 43.0 Å². The smallest absolute Gasteiger partial charge is 0.317 e. The molecule has 0 aliphatic carbocycles. The molecule has 2 unspecified atom stereocenters. The molecular weight excluding hydrogens is 326 g/mol. The Labute approximate surface area is 154 Å². The largest absolute Gasteiger partial charge is 0.493 e. The highest BCUT2D eigenvalue weighted by molar-refractivity contribution is 5.74. The molecule has 136 valence electrons. The van der Waals surface area contributed by atoms with Gasteiger partial charge in [-0.05, 0) is 49.4 Å². The molecular formula is C21H25N3O2. The van der Waals surface area contributed by atoms with Crippen LogP contribution in [0.15, 0.2) is 48.8 Å². The minimum Gasteiger partial charge on any atom is -0.493 e.